The van der Waals surface area contributed by atoms with Gasteiger partial charge in [0.05, 0.1) is 5.01 Å². The molecule has 0 saturated carbocycles. The highest BCUT2D eigenvalue weighted by Crippen LogP contribution is 2.22. The fourth-order valence-electron chi connectivity index (χ4n) is 1.50. The average Bonchev–Trinajstić information content (AvgIpc) is 2.88. The van der Waals surface area contributed by atoms with Gasteiger partial charge in [0.2, 0.25) is 10.0 Å². The van der Waals surface area contributed by atoms with Gasteiger partial charge in [-0.1, -0.05) is 0 Å². The Balaban J connectivity index is 2.12. The van der Waals surface area contributed by atoms with Crippen LogP contribution in [-0.4, -0.2) is 19.9 Å². The average molecular weight is 319 g/mol. The first kappa shape index (κ1) is 14.8. The van der Waals surface area contributed by atoms with Crippen LogP contribution in [0, 0.1) is 11.6 Å². The molecule has 0 amide bonds. The molecule has 0 fully saturated rings. The Bertz CT molecular complexity index is 703. The summed E-state index contributed by atoms with van der Waals surface area (Å²) in [6.07, 6.45) is 1.99. The van der Waals surface area contributed by atoms with Gasteiger partial charge < -0.3 is 5.73 Å². The van der Waals surface area contributed by atoms with Crippen molar-refractivity contribution in [1.29, 1.82) is 0 Å². The number of nitrogens with two attached hydrogens (primary N) is 1. The van der Waals surface area contributed by atoms with Crippen LogP contribution in [-0.2, 0) is 16.4 Å². The maximum atomic E-state index is 13.7. The molecule has 0 aliphatic carbocycles. The van der Waals surface area contributed by atoms with Crippen molar-refractivity contribution in [2.45, 2.75) is 11.3 Å². The van der Waals surface area contributed by atoms with Gasteiger partial charge in [0.25, 0.3) is 0 Å². The zero-order valence-electron chi connectivity index (χ0n) is 10.1. The Hall–Kier alpha value is -1.58. The number of anilines is 1. The topological polar surface area (TPSA) is 85.1 Å². The zero-order chi connectivity index (χ0) is 14.8. The monoisotopic (exact) mass is 319 g/mol. The lowest BCUT2D eigenvalue weighted by Crippen LogP contribution is -2.27. The molecule has 20 heavy (non-hydrogen) atoms. The van der Waals surface area contributed by atoms with Crippen molar-refractivity contribution in [2.24, 2.45) is 0 Å². The molecule has 2 aromatic rings. The summed E-state index contributed by atoms with van der Waals surface area (Å²) < 4.78 is 52.7. The summed E-state index contributed by atoms with van der Waals surface area (Å²) in [5.74, 6) is -2.28. The summed E-state index contributed by atoms with van der Waals surface area (Å²) in [5.41, 5.74) is 4.32. The van der Waals surface area contributed by atoms with E-state index in [-0.39, 0.29) is 6.54 Å². The summed E-state index contributed by atoms with van der Waals surface area (Å²) in [7, 11) is -4.08. The molecule has 0 atom stereocenters. The van der Waals surface area contributed by atoms with Crippen molar-refractivity contribution >= 4 is 27.0 Å². The number of halogens is 2. The predicted molar refractivity (Wildman–Crippen MR) is 71.8 cm³/mol. The smallest absolute Gasteiger partial charge is 0.243 e. The summed E-state index contributed by atoms with van der Waals surface area (Å²) in [6.45, 7) is 0.0621. The fraction of sp³-hybridized carbons (Fsp3) is 0.182. The molecule has 0 radical (unpaired) electrons. The highest BCUT2D eigenvalue weighted by molar-refractivity contribution is 7.89. The van der Waals surface area contributed by atoms with Crippen LogP contribution >= 0.6 is 11.3 Å². The number of hydrogen-bond acceptors (Lipinski definition) is 5. The Morgan fingerprint density at radius 2 is 2.10 bits per heavy atom. The number of benzene rings is 1. The molecule has 1 aromatic heterocycles. The molecule has 0 aliphatic rings. The van der Waals surface area contributed by atoms with Crippen LogP contribution in [0.5, 0.6) is 0 Å². The van der Waals surface area contributed by atoms with Crippen molar-refractivity contribution in [3.8, 4) is 0 Å². The molecule has 0 saturated heterocycles. The van der Waals surface area contributed by atoms with E-state index in [2.05, 4.69) is 9.71 Å². The van der Waals surface area contributed by atoms with E-state index in [1.54, 1.807) is 11.6 Å². The van der Waals surface area contributed by atoms with Crippen molar-refractivity contribution in [2.75, 3.05) is 12.3 Å². The van der Waals surface area contributed by atoms with Crippen LogP contribution in [0.15, 0.2) is 28.6 Å². The number of nitrogens with zero attached hydrogens (tertiary/aromatic N) is 1. The van der Waals surface area contributed by atoms with Crippen molar-refractivity contribution in [3.63, 3.8) is 0 Å². The minimum absolute atomic E-state index is 0.0621. The minimum Gasteiger partial charge on any atom is -0.394 e. The molecule has 9 heteroatoms. The Kier molecular flexibility index (Phi) is 4.31. The van der Waals surface area contributed by atoms with E-state index in [4.69, 9.17) is 5.73 Å². The Morgan fingerprint density at radius 1 is 1.35 bits per heavy atom. The van der Waals surface area contributed by atoms with E-state index in [0.717, 1.165) is 17.1 Å². The normalized spacial score (nSPS) is 11.7. The van der Waals surface area contributed by atoms with Crippen molar-refractivity contribution < 1.29 is 17.2 Å². The number of thiazole rings is 1. The second-order valence-electron chi connectivity index (χ2n) is 3.85. The molecular formula is C11H11F2N3O2S2. The van der Waals surface area contributed by atoms with Crippen molar-refractivity contribution in [1.82, 2.24) is 9.71 Å². The Morgan fingerprint density at radius 3 is 2.75 bits per heavy atom. The quantitative estimate of drug-likeness (QED) is 0.818. The first-order chi connectivity index (χ1) is 9.42. The van der Waals surface area contributed by atoms with Gasteiger partial charge in [-0.2, -0.15) is 0 Å². The molecular weight excluding hydrogens is 308 g/mol. The third-order valence-corrected chi connectivity index (χ3v) is 4.81. The largest absolute Gasteiger partial charge is 0.394 e. The van der Waals surface area contributed by atoms with E-state index in [9.17, 15) is 17.2 Å². The lowest BCUT2D eigenvalue weighted by Gasteiger charge is -2.08. The number of nitrogens with one attached hydrogen (secondary N) is 1. The molecule has 0 unspecified atom stereocenters. The van der Waals surface area contributed by atoms with E-state index in [1.807, 2.05) is 0 Å². The maximum Gasteiger partial charge on any atom is 0.243 e. The number of sulfonamides is 1. The summed E-state index contributed by atoms with van der Waals surface area (Å²) in [6, 6.07) is 1.65. The highest BCUT2D eigenvalue weighted by atomic mass is 32.2. The molecule has 0 bridgehead atoms. The third-order valence-electron chi connectivity index (χ3n) is 2.50. The van der Waals surface area contributed by atoms with Crippen LogP contribution in [0.1, 0.15) is 5.01 Å². The molecule has 0 aliphatic heterocycles. The van der Waals surface area contributed by atoms with Crippen molar-refractivity contribution in [3.05, 3.63) is 40.4 Å². The predicted octanol–water partition coefficient (Wildman–Crippen LogP) is 1.52. The Labute approximate surface area is 118 Å². The fourth-order valence-corrected chi connectivity index (χ4v) is 3.24. The molecule has 1 heterocycles. The first-order valence-electron chi connectivity index (χ1n) is 5.53. The lowest BCUT2D eigenvalue weighted by atomic mass is 10.3. The molecule has 2 rings (SSSR count). The van der Waals surface area contributed by atoms with Crippen LogP contribution in [0.25, 0.3) is 0 Å². The number of rotatable bonds is 5. The molecule has 3 N–H and O–H groups in total. The third kappa shape index (κ3) is 3.11. The number of aromatic nitrogens is 1. The minimum atomic E-state index is -4.08. The first-order valence-corrected chi connectivity index (χ1v) is 7.89. The van der Waals surface area contributed by atoms with Gasteiger partial charge in [-0.3, -0.25) is 0 Å². The summed E-state index contributed by atoms with van der Waals surface area (Å²) in [4.78, 5) is 3.32. The second kappa shape index (κ2) is 5.81. The van der Waals surface area contributed by atoms with Crippen LogP contribution in [0.2, 0.25) is 0 Å². The SMILES string of the molecule is Nc1c(F)ccc(S(=O)(=O)NCCc2nccs2)c1F. The van der Waals surface area contributed by atoms with Crippen LogP contribution in [0.3, 0.4) is 0 Å². The maximum absolute atomic E-state index is 13.7. The number of hydrogen-bond donors (Lipinski definition) is 2. The van der Waals surface area contributed by atoms with Crippen LogP contribution in [0.4, 0.5) is 14.5 Å². The second-order valence-corrected chi connectivity index (χ2v) is 6.56. The lowest BCUT2D eigenvalue weighted by molar-refractivity contribution is 0.548. The molecule has 108 valence electrons. The number of nitrogen functional groups attached to an aromatic ring is 1. The van der Waals surface area contributed by atoms with E-state index < -0.39 is 32.2 Å². The zero-order valence-corrected chi connectivity index (χ0v) is 11.8. The van der Waals surface area contributed by atoms with Gasteiger partial charge in [-0.05, 0) is 12.1 Å². The highest BCUT2D eigenvalue weighted by Gasteiger charge is 2.22. The summed E-state index contributed by atoms with van der Waals surface area (Å²) in [5, 5.41) is 2.52. The molecule has 0 spiro atoms. The van der Waals surface area contributed by atoms with Gasteiger partial charge in [0.15, 0.2) is 5.82 Å². The summed E-state index contributed by atoms with van der Waals surface area (Å²) >= 11 is 1.39. The van der Waals surface area contributed by atoms with Gasteiger partial charge in [-0.25, -0.2) is 26.9 Å². The van der Waals surface area contributed by atoms with E-state index in [0.29, 0.717) is 6.42 Å². The van der Waals surface area contributed by atoms with Gasteiger partial charge in [0.1, 0.15) is 16.4 Å². The molecule has 5 nitrogen and oxygen atoms in total. The van der Waals surface area contributed by atoms with Gasteiger partial charge in [0, 0.05) is 24.5 Å². The van der Waals surface area contributed by atoms with Gasteiger partial charge >= 0.3 is 0 Å². The van der Waals surface area contributed by atoms with Crippen LogP contribution < -0.4 is 10.5 Å². The molecule has 1 aromatic carbocycles. The van der Waals surface area contributed by atoms with E-state index in [1.165, 1.54) is 11.3 Å². The standard InChI is InChI=1S/C11H11F2N3O2S2/c12-7-1-2-8(10(13)11(7)14)20(17,18)16-4-3-9-15-5-6-19-9/h1-2,5-6,16H,3-4,14H2. The van der Waals surface area contributed by atoms with E-state index >= 15 is 0 Å². The van der Waals surface area contributed by atoms with Gasteiger partial charge in [-0.15, -0.1) is 11.3 Å².